The number of hydrogen-bond acceptors (Lipinski definition) is 5. The first-order valence-electron chi connectivity index (χ1n) is 9.32. The fraction of sp³-hybridized carbons (Fsp3) is 0.333. The first-order chi connectivity index (χ1) is 14.2. The van der Waals surface area contributed by atoms with Gasteiger partial charge in [0.25, 0.3) is 0 Å². The summed E-state index contributed by atoms with van der Waals surface area (Å²) in [6.45, 7) is 3.55. The quantitative estimate of drug-likeness (QED) is 0.469. The SMILES string of the molecule is CCC(C)c1cc(Oc2c(Cl)cc(CCOC(=O)NCC(=O)O)cc2Cl)ccc1O. The molecule has 0 saturated heterocycles. The topological polar surface area (TPSA) is 105 Å². The predicted molar refractivity (Wildman–Crippen MR) is 114 cm³/mol. The van der Waals surface area contributed by atoms with Crippen molar-refractivity contribution < 1.29 is 29.3 Å². The molecule has 0 saturated carbocycles. The highest BCUT2D eigenvalue weighted by Gasteiger charge is 2.15. The maximum absolute atomic E-state index is 11.4. The highest BCUT2D eigenvalue weighted by Crippen LogP contribution is 2.39. The van der Waals surface area contributed by atoms with Crippen molar-refractivity contribution in [2.24, 2.45) is 0 Å². The average Bonchev–Trinajstić information content (AvgIpc) is 2.69. The normalized spacial score (nSPS) is 11.6. The third-order valence-corrected chi connectivity index (χ3v) is 4.99. The van der Waals surface area contributed by atoms with Gasteiger partial charge in [-0.2, -0.15) is 0 Å². The van der Waals surface area contributed by atoms with Gasteiger partial charge < -0.3 is 25.0 Å². The molecule has 1 unspecified atom stereocenters. The Morgan fingerprint density at radius 1 is 1.17 bits per heavy atom. The van der Waals surface area contributed by atoms with Gasteiger partial charge in [-0.1, -0.05) is 37.0 Å². The number of alkyl carbamates (subject to hydrolysis) is 1. The summed E-state index contributed by atoms with van der Waals surface area (Å²) in [5.74, 6) is -0.0155. The van der Waals surface area contributed by atoms with Gasteiger partial charge in [-0.3, -0.25) is 4.79 Å². The van der Waals surface area contributed by atoms with E-state index < -0.39 is 18.6 Å². The van der Waals surface area contributed by atoms with Gasteiger partial charge in [0.15, 0.2) is 5.75 Å². The zero-order chi connectivity index (χ0) is 22.3. The fourth-order valence-electron chi connectivity index (χ4n) is 2.64. The molecule has 0 spiro atoms. The van der Waals surface area contributed by atoms with Crippen LogP contribution < -0.4 is 10.1 Å². The third kappa shape index (κ3) is 6.71. The lowest BCUT2D eigenvalue weighted by molar-refractivity contribution is -0.135. The van der Waals surface area contributed by atoms with Crippen LogP contribution >= 0.6 is 23.2 Å². The number of nitrogens with one attached hydrogen (secondary N) is 1. The second-order valence-electron chi connectivity index (χ2n) is 6.65. The number of phenols is 1. The molecule has 0 aliphatic carbocycles. The maximum Gasteiger partial charge on any atom is 0.407 e. The van der Waals surface area contributed by atoms with Crippen LogP contribution in [0.15, 0.2) is 30.3 Å². The molecule has 2 aromatic rings. The van der Waals surface area contributed by atoms with Crippen LogP contribution in [0, 0.1) is 0 Å². The first-order valence-corrected chi connectivity index (χ1v) is 10.1. The second-order valence-corrected chi connectivity index (χ2v) is 7.47. The second kappa shape index (κ2) is 10.9. The van der Waals surface area contributed by atoms with Crippen molar-refractivity contribution >= 4 is 35.3 Å². The number of carbonyl (C=O) groups excluding carboxylic acids is 1. The summed E-state index contributed by atoms with van der Waals surface area (Å²) in [5.41, 5.74) is 1.49. The molecule has 2 rings (SSSR count). The Hall–Kier alpha value is -2.64. The molecule has 0 fully saturated rings. The molecule has 30 heavy (non-hydrogen) atoms. The minimum absolute atomic E-state index is 0.0224. The van der Waals surface area contributed by atoms with E-state index in [4.69, 9.17) is 37.8 Å². The highest BCUT2D eigenvalue weighted by atomic mass is 35.5. The Labute approximate surface area is 184 Å². The molecular weight excluding hydrogens is 433 g/mol. The van der Waals surface area contributed by atoms with Gasteiger partial charge in [0.2, 0.25) is 0 Å². The van der Waals surface area contributed by atoms with Crippen molar-refractivity contribution in [3.63, 3.8) is 0 Å². The Bertz CT molecular complexity index is 895. The summed E-state index contributed by atoms with van der Waals surface area (Å²) in [6.07, 6.45) is 0.375. The van der Waals surface area contributed by atoms with Crippen LogP contribution in [0.4, 0.5) is 4.79 Å². The number of benzene rings is 2. The standard InChI is InChI=1S/C21H23Cl2NO6/c1-3-12(2)15-10-14(4-5-18(15)25)30-20-16(22)8-13(9-17(20)23)6-7-29-21(28)24-11-19(26)27/h4-5,8-10,12,25H,3,6-7,11H2,1-2H3,(H,24,28)(H,26,27). The van der Waals surface area contributed by atoms with Crippen LogP contribution in [0.2, 0.25) is 10.0 Å². The van der Waals surface area contributed by atoms with E-state index in [9.17, 15) is 14.7 Å². The van der Waals surface area contributed by atoms with Crippen LogP contribution in [0.25, 0.3) is 0 Å². The summed E-state index contributed by atoms with van der Waals surface area (Å²) in [7, 11) is 0. The van der Waals surface area contributed by atoms with Crippen molar-refractivity contribution in [3.05, 3.63) is 51.5 Å². The van der Waals surface area contributed by atoms with Crippen molar-refractivity contribution in [2.45, 2.75) is 32.6 Å². The lowest BCUT2D eigenvalue weighted by atomic mass is 9.97. The molecule has 3 N–H and O–H groups in total. The number of carboxylic acids is 1. The van der Waals surface area contributed by atoms with Crippen LogP contribution in [0.3, 0.4) is 0 Å². The van der Waals surface area contributed by atoms with E-state index >= 15 is 0 Å². The van der Waals surface area contributed by atoms with E-state index in [1.807, 2.05) is 13.8 Å². The van der Waals surface area contributed by atoms with E-state index in [2.05, 4.69) is 5.32 Å². The summed E-state index contributed by atoms with van der Waals surface area (Å²) in [4.78, 5) is 21.8. The van der Waals surface area contributed by atoms with Crippen LogP contribution in [0.5, 0.6) is 17.2 Å². The predicted octanol–water partition coefficient (Wildman–Crippen LogP) is 5.36. The molecule has 0 radical (unpaired) electrons. The largest absolute Gasteiger partial charge is 0.508 e. The first kappa shape index (κ1) is 23.6. The molecule has 0 aliphatic rings. The van der Waals surface area contributed by atoms with E-state index in [0.717, 1.165) is 17.5 Å². The molecule has 9 heteroatoms. The van der Waals surface area contributed by atoms with Gasteiger partial charge in [0, 0.05) is 12.0 Å². The number of aromatic hydroxyl groups is 1. The zero-order valence-corrected chi connectivity index (χ0v) is 18.1. The Balaban J connectivity index is 2.05. The zero-order valence-electron chi connectivity index (χ0n) is 16.6. The maximum atomic E-state index is 11.4. The van der Waals surface area contributed by atoms with Crippen LogP contribution in [-0.4, -0.2) is 35.4 Å². The number of carboxylic acid groups (broad SMARTS) is 1. The number of amides is 1. The van der Waals surface area contributed by atoms with Crippen molar-refractivity contribution in [2.75, 3.05) is 13.2 Å². The molecular formula is C21H23Cl2NO6. The molecule has 7 nitrogen and oxygen atoms in total. The van der Waals surface area contributed by atoms with E-state index in [0.29, 0.717) is 12.2 Å². The molecule has 162 valence electrons. The fourth-order valence-corrected chi connectivity index (χ4v) is 3.25. The summed E-state index contributed by atoms with van der Waals surface area (Å²) < 4.78 is 10.8. The van der Waals surface area contributed by atoms with Crippen LogP contribution in [-0.2, 0) is 16.0 Å². The number of phenolic OH excluding ortho intramolecular Hbond substituents is 1. The number of aliphatic carboxylic acids is 1. The molecule has 0 aliphatic heterocycles. The molecule has 0 bridgehead atoms. The lowest BCUT2D eigenvalue weighted by Crippen LogP contribution is -2.30. The molecule has 0 heterocycles. The van der Waals surface area contributed by atoms with Gasteiger partial charge >= 0.3 is 12.1 Å². The van der Waals surface area contributed by atoms with Gasteiger partial charge in [0.1, 0.15) is 18.0 Å². The lowest BCUT2D eigenvalue weighted by Gasteiger charge is -2.15. The highest BCUT2D eigenvalue weighted by molar-refractivity contribution is 6.37. The minimum atomic E-state index is -1.16. The number of halogens is 2. The number of carbonyl (C=O) groups is 2. The number of hydrogen-bond donors (Lipinski definition) is 3. The van der Waals surface area contributed by atoms with Crippen molar-refractivity contribution in [1.29, 1.82) is 0 Å². The summed E-state index contributed by atoms with van der Waals surface area (Å²) in [5, 5.41) is 21.2. The Morgan fingerprint density at radius 3 is 2.43 bits per heavy atom. The van der Waals surface area contributed by atoms with Gasteiger partial charge in [-0.15, -0.1) is 0 Å². The van der Waals surface area contributed by atoms with E-state index in [1.165, 1.54) is 0 Å². The Morgan fingerprint density at radius 2 is 1.83 bits per heavy atom. The van der Waals surface area contributed by atoms with E-state index in [-0.39, 0.29) is 34.1 Å². The van der Waals surface area contributed by atoms with Gasteiger partial charge in [-0.05, 0) is 48.2 Å². The smallest absolute Gasteiger partial charge is 0.407 e. The van der Waals surface area contributed by atoms with Crippen LogP contribution in [0.1, 0.15) is 37.3 Å². The minimum Gasteiger partial charge on any atom is -0.508 e. The van der Waals surface area contributed by atoms with Gasteiger partial charge in [0.05, 0.1) is 16.7 Å². The third-order valence-electron chi connectivity index (χ3n) is 4.43. The Kier molecular flexibility index (Phi) is 8.62. The number of ether oxygens (including phenoxy) is 2. The van der Waals surface area contributed by atoms with E-state index in [1.54, 1.807) is 30.3 Å². The van der Waals surface area contributed by atoms with Crippen molar-refractivity contribution in [1.82, 2.24) is 5.32 Å². The number of rotatable bonds is 9. The van der Waals surface area contributed by atoms with Crippen molar-refractivity contribution in [3.8, 4) is 17.2 Å². The molecule has 0 aromatic heterocycles. The molecule has 1 atom stereocenters. The monoisotopic (exact) mass is 455 g/mol. The molecule has 2 aromatic carbocycles. The summed E-state index contributed by atoms with van der Waals surface area (Å²) in [6, 6.07) is 8.26. The summed E-state index contributed by atoms with van der Waals surface area (Å²) >= 11 is 12.7. The van der Waals surface area contributed by atoms with Gasteiger partial charge in [-0.25, -0.2) is 4.79 Å². The molecule has 1 amide bonds. The average molecular weight is 456 g/mol.